The first kappa shape index (κ1) is 11.0. The van der Waals surface area contributed by atoms with E-state index in [9.17, 15) is 0 Å². The second-order valence-corrected chi connectivity index (χ2v) is 5.90. The molecule has 6 heteroatoms. The molecule has 3 nitrogen and oxygen atoms in total. The number of hydrogen-bond acceptors (Lipinski definition) is 4. The Kier molecular flexibility index (Phi) is 3.38. The highest BCUT2D eigenvalue weighted by atomic mass is 35.5. The molecule has 0 amide bonds. The van der Waals surface area contributed by atoms with E-state index in [4.69, 9.17) is 23.2 Å². The molecule has 1 aromatic heterocycles. The summed E-state index contributed by atoms with van der Waals surface area (Å²) in [5.41, 5.74) is 0. The lowest BCUT2D eigenvalue weighted by Gasteiger charge is -2.16. The minimum absolute atomic E-state index is 0.0308. The lowest BCUT2D eigenvalue weighted by atomic mass is 10.3. The Balaban J connectivity index is 2.94. The summed E-state index contributed by atoms with van der Waals surface area (Å²) >= 11 is 12.9. The molecule has 1 aromatic rings. The Morgan fingerprint density at radius 1 is 1.15 bits per heavy atom. The van der Waals surface area contributed by atoms with Gasteiger partial charge in [0.15, 0.2) is 5.15 Å². The summed E-state index contributed by atoms with van der Waals surface area (Å²) in [6.45, 7) is 6.18. The van der Waals surface area contributed by atoms with Gasteiger partial charge in [0.2, 0.25) is 5.28 Å². The molecule has 1 heterocycles. The molecule has 72 valence electrons. The first-order valence-electron chi connectivity index (χ1n) is 3.63. The third-order valence-corrected chi connectivity index (χ3v) is 2.61. The third kappa shape index (κ3) is 3.67. The lowest BCUT2D eigenvalue weighted by molar-refractivity contribution is 0.794. The van der Waals surface area contributed by atoms with Crippen molar-refractivity contribution in [3.8, 4) is 0 Å². The molecule has 0 aliphatic carbocycles. The molecule has 0 saturated carbocycles. The molecule has 0 saturated heterocycles. The van der Waals surface area contributed by atoms with E-state index >= 15 is 0 Å². The van der Waals surface area contributed by atoms with Gasteiger partial charge in [0, 0.05) is 4.75 Å². The molecule has 0 N–H and O–H groups in total. The second-order valence-electron chi connectivity index (χ2n) is 3.39. The van der Waals surface area contributed by atoms with Crippen LogP contribution in [0.25, 0.3) is 0 Å². The molecule has 1 rings (SSSR count). The Morgan fingerprint density at radius 2 is 1.77 bits per heavy atom. The van der Waals surface area contributed by atoms with Crippen LogP contribution in [-0.4, -0.2) is 19.9 Å². The van der Waals surface area contributed by atoms with E-state index < -0.39 is 0 Å². The second kappa shape index (κ2) is 3.98. The topological polar surface area (TPSA) is 38.7 Å². The summed E-state index contributed by atoms with van der Waals surface area (Å²) in [6, 6.07) is 0. The maximum atomic E-state index is 5.79. The third-order valence-electron chi connectivity index (χ3n) is 0.993. The van der Waals surface area contributed by atoms with Crippen LogP contribution >= 0.6 is 35.0 Å². The maximum absolute atomic E-state index is 5.79. The van der Waals surface area contributed by atoms with Gasteiger partial charge in [0.05, 0.1) is 0 Å². The zero-order valence-electron chi connectivity index (χ0n) is 7.51. The van der Waals surface area contributed by atoms with Crippen molar-refractivity contribution >= 4 is 35.0 Å². The van der Waals surface area contributed by atoms with Crippen LogP contribution in [0.4, 0.5) is 0 Å². The van der Waals surface area contributed by atoms with Gasteiger partial charge in [-0.3, -0.25) is 0 Å². The van der Waals surface area contributed by atoms with Crippen LogP contribution < -0.4 is 0 Å². The van der Waals surface area contributed by atoms with Gasteiger partial charge in [0.1, 0.15) is 5.03 Å². The van der Waals surface area contributed by atoms with Gasteiger partial charge in [-0.1, -0.05) is 44.1 Å². The van der Waals surface area contributed by atoms with E-state index in [1.54, 1.807) is 0 Å². The Hall–Kier alpha value is -0.0600. The zero-order chi connectivity index (χ0) is 10.1. The Labute approximate surface area is 91.2 Å². The molecule has 0 aliphatic heterocycles. The van der Waals surface area contributed by atoms with Gasteiger partial charge in [0.25, 0.3) is 0 Å². The summed E-state index contributed by atoms with van der Waals surface area (Å²) in [5, 5.41) is 8.23. The zero-order valence-corrected chi connectivity index (χ0v) is 9.83. The summed E-state index contributed by atoms with van der Waals surface area (Å²) < 4.78 is 0.0308. The molecular formula is C7H9Cl2N3S. The van der Waals surface area contributed by atoms with Gasteiger partial charge < -0.3 is 0 Å². The summed E-state index contributed by atoms with van der Waals surface area (Å²) in [6.07, 6.45) is 0. The monoisotopic (exact) mass is 237 g/mol. The minimum atomic E-state index is 0.0308. The standard InChI is InChI=1S/C7H9Cl2N3S/c1-7(2,3)13-5-4(8)11-12-6(9)10-5/h1-3H3. The highest BCUT2D eigenvalue weighted by Crippen LogP contribution is 2.33. The van der Waals surface area contributed by atoms with Gasteiger partial charge in [-0.2, -0.15) is 0 Å². The summed E-state index contributed by atoms with van der Waals surface area (Å²) in [4.78, 5) is 3.98. The van der Waals surface area contributed by atoms with Crippen LogP contribution in [0.5, 0.6) is 0 Å². The number of rotatable bonds is 1. The SMILES string of the molecule is CC(C)(C)Sc1nc(Cl)nnc1Cl. The number of halogens is 2. The molecule has 13 heavy (non-hydrogen) atoms. The van der Waals surface area contributed by atoms with E-state index in [1.807, 2.05) is 0 Å². The predicted molar refractivity (Wildman–Crippen MR) is 55.5 cm³/mol. The van der Waals surface area contributed by atoms with E-state index in [2.05, 4.69) is 36.0 Å². The van der Waals surface area contributed by atoms with Gasteiger partial charge >= 0.3 is 0 Å². The molecule has 0 aliphatic rings. The number of nitrogens with zero attached hydrogens (tertiary/aromatic N) is 3. The minimum Gasteiger partial charge on any atom is -0.207 e. The highest BCUT2D eigenvalue weighted by molar-refractivity contribution is 8.00. The molecule has 0 spiro atoms. The van der Waals surface area contributed by atoms with Crippen molar-refractivity contribution in [2.75, 3.05) is 0 Å². The Bertz CT molecular complexity index is 311. The predicted octanol–water partition coefficient (Wildman–Crippen LogP) is 3.07. The van der Waals surface area contributed by atoms with Crippen LogP contribution in [0.3, 0.4) is 0 Å². The van der Waals surface area contributed by atoms with Crippen molar-refractivity contribution in [2.45, 2.75) is 30.5 Å². The van der Waals surface area contributed by atoms with Crippen LogP contribution in [-0.2, 0) is 0 Å². The summed E-state index contributed by atoms with van der Waals surface area (Å²) in [7, 11) is 0. The Morgan fingerprint density at radius 3 is 2.31 bits per heavy atom. The summed E-state index contributed by atoms with van der Waals surface area (Å²) in [5.74, 6) is 0. The smallest absolute Gasteiger partial charge is 0.207 e. The van der Waals surface area contributed by atoms with Crippen molar-refractivity contribution in [1.82, 2.24) is 15.2 Å². The van der Waals surface area contributed by atoms with Gasteiger partial charge in [-0.15, -0.1) is 10.2 Å². The first-order valence-corrected chi connectivity index (χ1v) is 5.20. The van der Waals surface area contributed by atoms with Crippen molar-refractivity contribution in [3.05, 3.63) is 10.4 Å². The van der Waals surface area contributed by atoms with Crippen LogP contribution in [0, 0.1) is 0 Å². The van der Waals surface area contributed by atoms with Crippen molar-refractivity contribution in [2.24, 2.45) is 0 Å². The van der Waals surface area contributed by atoms with E-state index in [-0.39, 0.29) is 10.0 Å². The first-order chi connectivity index (χ1) is 5.88. The van der Waals surface area contributed by atoms with Crippen molar-refractivity contribution in [3.63, 3.8) is 0 Å². The van der Waals surface area contributed by atoms with Crippen molar-refractivity contribution < 1.29 is 0 Å². The molecule has 0 radical (unpaired) electrons. The largest absolute Gasteiger partial charge is 0.244 e. The lowest BCUT2D eigenvalue weighted by Crippen LogP contribution is -2.08. The fraction of sp³-hybridized carbons (Fsp3) is 0.571. The van der Waals surface area contributed by atoms with Gasteiger partial charge in [-0.05, 0) is 11.6 Å². The van der Waals surface area contributed by atoms with Gasteiger partial charge in [-0.25, -0.2) is 4.98 Å². The van der Waals surface area contributed by atoms with E-state index in [1.165, 1.54) is 11.8 Å². The highest BCUT2D eigenvalue weighted by Gasteiger charge is 2.17. The van der Waals surface area contributed by atoms with E-state index in [0.717, 1.165) is 0 Å². The molecule has 0 atom stereocenters. The fourth-order valence-electron chi connectivity index (χ4n) is 0.635. The number of hydrogen-bond donors (Lipinski definition) is 0. The number of aromatic nitrogens is 3. The molecule has 0 aromatic carbocycles. The molecule has 0 unspecified atom stereocenters. The molecule has 0 bridgehead atoms. The average molecular weight is 238 g/mol. The quantitative estimate of drug-likeness (QED) is 0.705. The average Bonchev–Trinajstić information content (AvgIpc) is 1.94. The molecule has 0 fully saturated rings. The molecular weight excluding hydrogens is 229 g/mol. The van der Waals surface area contributed by atoms with Crippen LogP contribution in [0.1, 0.15) is 20.8 Å². The van der Waals surface area contributed by atoms with Crippen LogP contribution in [0.2, 0.25) is 10.4 Å². The maximum Gasteiger partial charge on any atom is 0.244 e. The van der Waals surface area contributed by atoms with Crippen LogP contribution in [0.15, 0.2) is 5.03 Å². The van der Waals surface area contributed by atoms with Crippen molar-refractivity contribution in [1.29, 1.82) is 0 Å². The number of thioether (sulfide) groups is 1. The van der Waals surface area contributed by atoms with E-state index in [0.29, 0.717) is 10.2 Å². The normalized spacial score (nSPS) is 11.8. The fourth-order valence-corrected chi connectivity index (χ4v) is 1.84.